The molecule has 1 aliphatic heterocycles. The fourth-order valence-electron chi connectivity index (χ4n) is 3.79. The zero-order chi connectivity index (χ0) is 23.1. The summed E-state index contributed by atoms with van der Waals surface area (Å²) in [7, 11) is 0.472. The molecule has 1 aromatic heterocycles. The highest BCUT2D eigenvalue weighted by atomic mass is 32.2. The Kier molecular flexibility index (Phi) is 8.56. The Labute approximate surface area is 195 Å². The number of anilines is 2. The number of benzene rings is 1. The van der Waals surface area contributed by atoms with Crippen LogP contribution in [0.25, 0.3) is 0 Å². The molecule has 1 N–H and O–H groups in total. The SMILES string of the molecule is CCCCS(=O)(=O)Nc1ccc(N(C)C)c(CN(C[C@H]2CCCO2)C(=O)c2cccs2)c1. The zero-order valence-corrected chi connectivity index (χ0v) is 20.7. The zero-order valence-electron chi connectivity index (χ0n) is 19.0. The third-order valence-corrected chi connectivity index (χ3v) is 7.66. The summed E-state index contributed by atoms with van der Waals surface area (Å²) in [5.41, 5.74) is 2.34. The van der Waals surface area contributed by atoms with Gasteiger partial charge in [0.05, 0.1) is 16.7 Å². The van der Waals surface area contributed by atoms with E-state index in [-0.39, 0.29) is 17.8 Å². The number of sulfonamides is 1. The molecule has 3 rings (SSSR count). The van der Waals surface area contributed by atoms with Crippen LogP contribution >= 0.6 is 11.3 Å². The average molecular weight is 480 g/mol. The molecular formula is C23H33N3O4S2. The topological polar surface area (TPSA) is 79.0 Å². The fraction of sp³-hybridized carbons (Fsp3) is 0.522. The Morgan fingerprint density at radius 2 is 2.09 bits per heavy atom. The lowest BCUT2D eigenvalue weighted by atomic mass is 10.1. The van der Waals surface area contributed by atoms with Crippen LogP contribution in [0.2, 0.25) is 0 Å². The molecule has 1 aliphatic rings. The summed E-state index contributed by atoms with van der Waals surface area (Å²) >= 11 is 1.42. The first-order chi connectivity index (χ1) is 15.3. The molecule has 0 radical (unpaired) electrons. The molecule has 1 atom stereocenters. The minimum Gasteiger partial charge on any atom is -0.377 e. The number of hydrogen-bond acceptors (Lipinski definition) is 6. The molecule has 0 aliphatic carbocycles. The highest BCUT2D eigenvalue weighted by molar-refractivity contribution is 7.92. The fourth-order valence-corrected chi connectivity index (χ4v) is 5.74. The van der Waals surface area contributed by atoms with Gasteiger partial charge in [-0.2, -0.15) is 0 Å². The van der Waals surface area contributed by atoms with E-state index in [1.54, 1.807) is 6.07 Å². The lowest BCUT2D eigenvalue weighted by molar-refractivity contribution is 0.0511. The van der Waals surface area contributed by atoms with Crippen molar-refractivity contribution >= 4 is 38.6 Å². The summed E-state index contributed by atoms with van der Waals surface area (Å²) in [6, 6.07) is 9.21. The minimum atomic E-state index is -3.41. The van der Waals surface area contributed by atoms with E-state index in [4.69, 9.17) is 4.74 Å². The van der Waals surface area contributed by atoms with Crippen molar-refractivity contribution in [1.29, 1.82) is 0 Å². The second-order valence-corrected chi connectivity index (χ2v) is 11.1. The Morgan fingerprint density at radius 3 is 2.72 bits per heavy atom. The Balaban J connectivity index is 1.88. The van der Waals surface area contributed by atoms with E-state index in [0.717, 1.165) is 37.1 Å². The molecule has 2 aromatic rings. The predicted octanol–water partition coefficient (Wildman–Crippen LogP) is 4.18. The Morgan fingerprint density at radius 1 is 1.28 bits per heavy atom. The number of carbonyl (C=O) groups excluding carboxylic acids is 1. The van der Waals surface area contributed by atoms with Crippen molar-refractivity contribution in [2.75, 3.05) is 42.6 Å². The first-order valence-corrected chi connectivity index (χ1v) is 13.6. The van der Waals surface area contributed by atoms with Crippen LogP contribution < -0.4 is 9.62 Å². The molecule has 0 unspecified atom stereocenters. The van der Waals surface area contributed by atoms with E-state index in [0.29, 0.717) is 30.1 Å². The van der Waals surface area contributed by atoms with Gasteiger partial charge in [-0.25, -0.2) is 8.42 Å². The molecule has 1 fully saturated rings. The standard InChI is InChI=1S/C23H33N3O4S2/c1-4-5-14-32(28,29)24-19-10-11-21(25(2)3)18(15-19)16-26(17-20-8-6-12-30-20)23(27)22-9-7-13-31-22/h7,9-11,13,15,20,24H,4-6,8,12,14,16-17H2,1-3H3/t20-/m1/s1. The van der Waals surface area contributed by atoms with Crippen molar-refractivity contribution in [2.45, 2.75) is 45.3 Å². The minimum absolute atomic E-state index is 0.0254. The van der Waals surface area contributed by atoms with Crippen LogP contribution in [0, 0.1) is 0 Å². The van der Waals surface area contributed by atoms with Gasteiger partial charge in [0.2, 0.25) is 10.0 Å². The van der Waals surface area contributed by atoms with Crippen LogP contribution in [0.15, 0.2) is 35.7 Å². The number of nitrogens with one attached hydrogen (secondary N) is 1. The number of nitrogens with zero attached hydrogens (tertiary/aromatic N) is 2. The van der Waals surface area contributed by atoms with Gasteiger partial charge in [0.25, 0.3) is 5.91 Å². The van der Waals surface area contributed by atoms with Gasteiger partial charge in [-0.05, 0) is 54.5 Å². The molecule has 1 amide bonds. The summed E-state index contributed by atoms with van der Waals surface area (Å²) in [5.74, 6) is 0.0603. The number of rotatable bonds is 11. The van der Waals surface area contributed by atoms with E-state index >= 15 is 0 Å². The molecule has 9 heteroatoms. The van der Waals surface area contributed by atoms with E-state index in [2.05, 4.69) is 4.72 Å². The number of amides is 1. The van der Waals surface area contributed by atoms with Crippen LogP contribution in [-0.2, 0) is 21.3 Å². The number of ether oxygens (including phenoxy) is 1. The van der Waals surface area contributed by atoms with Crippen molar-refractivity contribution in [3.05, 3.63) is 46.2 Å². The molecule has 32 heavy (non-hydrogen) atoms. The maximum Gasteiger partial charge on any atom is 0.264 e. The van der Waals surface area contributed by atoms with Crippen molar-refractivity contribution in [3.63, 3.8) is 0 Å². The van der Waals surface area contributed by atoms with Crippen LogP contribution in [0.5, 0.6) is 0 Å². The summed E-state index contributed by atoms with van der Waals surface area (Å²) in [6.45, 7) is 3.57. The smallest absolute Gasteiger partial charge is 0.264 e. The van der Waals surface area contributed by atoms with Crippen LogP contribution in [0.4, 0.5) is 11.4 Å². The van der Waals surface area contributed by atoms with Crippen LogP contribution in [0.1, 0.15) is 47.8 Å². The van der Waals surface area contributed by atoms with E-state index < -0.39 is 10.0 Å². The highest BCUT2D eigenvalue weighted by Gasteiger charge is 2.25. The van der Waals surface area contributed by atoms with Gasteiger partial charge >= 0.3 is 0 Å². The normalized spacial score (nSPS) is 16.2. The van der Waals surface area contributed by atoms with Gasteiger partial charge in [0, 0.05) is 45.2 Å². The average Bonchev–Trinajstić information content (AvgIpc) is 3.45. The van der Waals surface area contributed by atoms with Gasteiger partial charge < -0.3 is 14.5 Å². The summed E-state index contributed by atoms with van der Waals surface area (Å²) in [4.78, 5) is 17.7. The molecular weight excluding hydrogens is 446 g/mol. The Hall–Kier alpha value is -2.10. The second-order valence-electron chi connectivity index (χ2n) is 8.31. The summed E-state index contributed by atoms with van der Waals surface area (Å²) < 4.78 is 33.3. The molecule has 0 bridgehead atoms. The second kappa shape index (κ2) is 11.2. The lowest BCUT2D eigenvalue weighted by Gasteiger charge is -2.28. The molecule has 0 spiro atoms. The quantitative estimate of drug-likeness (QED) is 0.523. The van der Waals surface area contributed by atoms with Crippen molar-refractivity contribution < 1.29 is 17.9 Å². The first kappa shape index (κ1) is 24.5. The maximum absolute atomic E-state index is 13.3. The van der Waals surface area contributed by atoms with Gasteiger partial charge in [-0.1, -0.05) is 19.4 Å². The van der Waals surface area contributed by atoms with Crippen molar-refractivity contribution in [3.8, 4) is 0 Å². The third-order valence-electron chi connectivity index (χ3n) is 5.43. The van der Waals surface area contributed by atoms with Crippen LogP contribution in [0.3, 0.4) is 0 Å². The molecule has 0 saturated carbocycles. The van der Waals surface area contributed by atoms with Gasteiger partial charge in [-0.3, -0.25) is 9.52 Å². The van der Waals surface area contributed by atoms with Crippen LogP contribution in [-0.4, -0.2) is 58.3 Å². The van der Waals surface area contributed by atoms with Gasteiger partial charge in [-0.15, -0.1) is 11.3 Å². The largest absolute Gasteiger partial charge is 0.377 e. The molecule has 1 saturated heterocycles. The number of unbranched alkanes of at least 4 members (excludes halogenated alkanes) is 1. The van der Waals surface area contributed by atoms with E-state index in [1.165, 1.54) is 11.3 Å². The Bertz CT molecular complexity index is 985. The molecule has 176 valence electrons. The van der Waals surface area contributed by atoms with Gasteiger partial charge in [0.1, 0.15) is 0 Å². The number of carbonyl (C=O) groups is 1. The maximum atomic E-state index is 13.3. The van der Waals surface area contributed by atoms with Gasteiger partial charge in [0.15, 0.2) is 0 Å². The monoisotopic (exact) mass is 479 g/mol. The molecule has 1 aromatic carbocycles. The number of hydrogen-bond donors (Lipinski definition) is 1. The highest BCUT2D eigenvalue weighted by Crippen LogP contribution is 2.27. The van der Waals surface area contributed by atoms with Crippen molar-refractivity contribution in [2.24, 2.45) is 0 Å². The van der Waals surface area contributed by atoms with E-state index in [9.17, 15) is 13.2 Å². The molecule has 7 nitrogen and oxygen atoms in total. The molecule has 2 heterocycles. The number of thiophene rings is 1. The van der Waals surface area contributed by atoms with Crippen molar-refractivity contribution in [1.82, 2.24) is 4.90 Å². The predicted molar refractivity (Wildman–Crippen MR) is 131 cm³/mol. The van der Waals surface area contributed by atoms with E-state index in [1.807, 2.05) is 60.5 Å². The first-order valence-electron chi connectivity index (χ1n) is 11.0. The third kappa shape index (κ3) is 6.70. The lowest BCUT2D eigenvalue weighted by Crippen LogP contribution is -2.37. The summed E-state index contributed by atoms with van der Waals surface area (Å²) in [6.07, 6.45) is 3.39. The summed E-state index contributed by atoms with van der Waals surface area (Å²) in [5, 5.41) is 1.90.